The van der Waals surface area contributed by atoms with Crippen molar-refractivity contribution >= 4 is 5.91 Å². The fraction of sp³-hybridized carbons (Fsp3) is 0.750. The number of carbonyl (C=O) groups excluding carboxylic acids is 1. The van der Waals surface area contributed by atoms with Crippen LogP contribution < -0.4 is 10.6 Å². The Labute approximate surface area is 131 Å². The molecule has 2 fully saturated rings. The molecule has 2 aliphatic rings. The summed E-state index contributed by atoms with van der Waals surface area (Å²) >= 11 is 0. The van der Waals surface area contributed by atoms with E-state index < -0.39 is 0 Å². The lowest BCUT2D eigenvalue weighted by Gasteiger charge is -2.17. The van der Waals surface area contributed by atoms with E-state index in [1.165, 1.54) is 25.7 Å². The van der Waals surface area contributed by atoms with Gasteiger partial charge in [-0.1, -0.05) is 12.8 Å². The number of rotatable bonds is 6. The Kier molecular flexibility index (Phi) is 5.10. The molecule has 1 saturated heterocycles. The van der Waals surface area contributed by atoms with Gasteiger partial charge in [0.05, 0.1) is 24.8 Å². The maximum Gasteiger partial charge on any atom is 0.225 e. The molecule has 1 saturated carbocycles. The highest BCUT2D eigenvalue weighted by molar-refractivity contribution is 5.80. The molecule has 2 N–H and O–H groups in total. The van der Waals surface area contributed by atoms with Crippen molar-refractivity contribution in [2.75, 3.05) is 26.2 Å². The topological polar surface area (TPSA) is 68.2 Å². The van der Waals surface area contributed by atoms with Crippen LogP contribution in [0.2, 0.25) is 0 Å². The van der Waals surface area contributed by atoms with Crippen molar-refractivity contribution < 1.29 is 9.53 Å². The van der Waals surface area contributed by atoms with E-state index >= 15 is 0 Å². The molecule has 122 valence electrons. The van der Waals surface area contributed by atoms with Crippen LogP contribution in [-0.4, -0.2) is 48.0 Å². The third-order valence-corrected chi connectivity index (χ3v) is 4.76. The van der Waals surface area contributed by atoms with Gasteiger partial charge in [-0.05, 0) is 18.4 Å². The van der Waals surface area contributed by atoms with Gasteiger partial charge in [-0.25, -0.2) is 0 Å². The van der Waals surface area contributed by atoms with Crippen LogP contribution >= 0.6 is 0 Å². The van der Waals surface area contributed by atoms with E-state index in [9.17, 15) is 4.79 Å². The Balaban J connectivity index is 1.44. The van der Waals surface area contributed by atoms with Crippen molar-refractivity contribution in [1.82, 2.24) is 20.4 Å². The Morgan fingerprint density at radius 1 is 1.45 bits per heavy atom. The van der Waals surface area contributed by atoms with Crippen LogP contribution in [0.1, 0.15) is 37.2 Å². The Morgan fingerprint density at radius 3 is 3.00 bits per heavy atom. The summed E-state index contributed by atoms with van der Waals surface area (Å²) in [6, 6.07) is 0. The molecule has 0 radical (unpaired) electrons. The standard InChI is InChI=1S/C16H26N4O2/c1-20-11-12(8-19-20)14-9-17-10-15(14)16(21)18-6-7-22-13-4-2-3-5-13/h8,11,13-15,17H,2-7,9-10H2,1H3,(H,18,21)/t14-,15+/m1/s1. The molecule has 6 heteroatoms. The average Bonchev–Trinajstić information content (AvgIpc) is 3.23. The van der Waals surface area contributed by atoms with Crippen molar-refractivity contribution in [3.8, 4) is 0 Å². The third-order valence-electron chi connectivity index (χ3n) is 4.76. The number of ether oxygens (including phenoxy) is 1. The van der Waals surface area contributed by atoms with Crippen molar-refractivity contribution in [2.24, 2.45) is 13.0 Å². The summed E-state index contributed by atoms with van der Waals surface area (Å²) in [7, 11) is 1.90. The first kappa shape index (κ1) is 15.5. The Hall–Kier alpha value is -1.40. The molecule has 1 aromatic rings. The molecule has 3 rings (SSSR count). The van der Waals surface area contributed by atoms with E-state index in [0.29, 0.717) is 19.3 Å². The summed E-state index contributed by atoms with van der Waals surface area (Å²) in [5.74, 6) is 0.314. The summed E-state index contributed by atoms with van der Waals surface area (Å²) in [6.45, 7) is 2.79. The zero-order valence-electron chi connectivity index (χ0n) is 13.3. The number of nitrogens with zero attached hydrogens (tertiary/aromatic N) is 2. The number of nitrogens with one attached hydrogen (secondary N) is 2. The molecule has 0 bridgehead atoms. The molecule has 1 aliphatic carbocycles. The monoisotopic (exact) mass is 306 g/mol. The van der Waals surface area contributed by atoms with Crippen LogP contribution in [0.5, 0.6) is 0 Å². The summed E-state index contributed by atoms with van der Waals surface area (Å²) < 4.78 is 7.58. The van der Waals surface area contributed by atoms with Crippen LogP contribution in [0.4, 0.5) is 0 Å². The molecule has 1 aromatic heterocycles. The second-order valence-electron chi connectivity index (χ2n) is 6.39. The molecule has 1 aliphatic heterocycles. The first-order valence-corrected chi connectivity index (χ1v) is 8.32. The van der Waals surface area contributed by atoms with Crippen LogP contribution in [-0.2, 0) is 16.6 Å². The molecule has 22 heavy (non-hydrogen) atoms. The molecule has 2 atom stereocenters. The van der Waals surface area contributed by atoms with E-state index in [-0.39, 0.29) is 17.7 Å². The molecule has 6 nitrogen and oxygen atoms in total. The zero-order valence-corrected chi connectivity index (χ0v) is 13.3. The number of carbonyl (C=O) groups is 1. The van der Waals surface area contributed by atoms with E-state index in [1.807, 2.05) is 19.4 Å². The smallest absolute Gasteiger partial charge is 0.225 e. The van der Waals surface area contributed by atoms with Crippen molar-refractivity contribution in [3.63, 3.8) is 0 Å². The molecule has 2 heterocycles. The van der Waals surface area contributed by atoms with E-state index in [0.717, 1.165) is 18.7 Å². The Morgan fingerprint density at radius 2 is 2.27 bits per heavy atom. The first-order chi connectivity index (χ1) is 10.7. The van der Waals surface area contributed by atoms with Gasteiger partial charge in [0.25, 0.3) is 0 Å². The highest BCUT2D eigenvalue weighted by Crippen LogP contribution is 2.27. The van der Waals surface area contributed by atoms with Crippen LogP contribution in [0, 0.1) is 5.92 Å². The molecular formula is C16H26N4O2. The van der Waals surface area contributed by atoms with Gasteiger partial charge in [-0.3, -0.25) is 9.48 Å². The fourth-order valence-electron chi connectivity index (χ4n) is 3.52. The minimum Gasteiger partial charge on any atom is -0.376 e. The maximum atomic E-state index is 12.4. The fourth-order valence-corrected chi connectivity index (χ4v) is 3.52. The van der Waals surface area contributed by atoms with Crippen molar-refractivity contribution in [3.05, 3.63) is 18.0 Å². The van der Waals surface area contributed by atoms with Gasteiger partial charge in [-0.15, -0.1) is 0 Å². The van der Waals surface area contributed by atoms with Crippen LogP contribution in [0.25, 0.3) is 0 Å². The summed E-state index contributed by atoms with van der Waals surface area (Å²) in [5, 5.41) is 10.6. The number of amides is 1. The number of aromatic nitrogens is 2. The molecule has 1 amide bonds. The molecule has 0 spiro atoms. The van der Waals surface area contributed by atoms with Gasteiger partial charge in [0.2, 0.25) is 5.91 Å². The van der Waals surface area contributed by atoms with E-state index in [1.54, 1.807) is 4.68 Å². The zero-order chi connectivity index (χ0) is 15.4. The minimum atomic E-state index is -0.0179. The lowest BCUT2D eigenvalue weighted by molar-refractivity contribution is -0.125. The summed E-state index contributed by atoms with van der Waals surface area (Å²) in [4.78, 5) is 12.4. The first-order valence-electron chi connectivity index (χ1n) is 8.32. The third kappa shape index (κ3) is 3.67. The van der Waals surface area contributed by atoms with Crippen molar-refractivity contribution in [2.45, 2.75) is 37.7 Å². The highest BCUT2D eigenvalue weighted by Gasteiger charge is 2.34. The molecule has 0 aromatic carbocycles. The number of hydrogen-bond acceptors (Lipinski definition) is 4. The summed E-state index contributed by atoms with van der Waals surface area (Å²) in [5.41, 5.74) is 1.13. The van der Waals surface area contributed by atoms with Gasteiger partial charge < -0.3 is 15.4 Å². The lowest BCUT2D eigenvalue weighted by atomic mass is 9.90. The van der Waals surface area contributed by atoms with Crippen LogP contribution in [0.3, 0.4) is 0 Å². The Bertz CT molecular complexity index is 496. The second kappa shape index (κ2) is 7.24. The predicted molar refractivity (Wildman–Crippen MR) is 83.5 cm³/mol. The van der Waals surface area contributed by atoms with E-state index in [2.05, 4.69) is 15.7 Å². The number of hydrogen-bond donors (Lipinski definition) is 2. The van der Waals surface area contributed by atoms with Crippen LogP contribution in [0.15, 0.2) is 12.4 Å². The number of aryl methyl sites for hydroxylation is 1. The quantitative estimate of drug-likeness (QED) is 0.763. The van der Waals surface area contributed by atoms with Gasteiger partial charge in [-0.2, -0.15) is 5.10 Å². The average molecular weight is 306 g/mol. The van der Waals surface area contributed by atoms with Gasteiger partial charge >= 0.3 is 0 Å². The highest BCUT2D eigenvalue weighted by atomic mass is 16.5. The molecule has 0 unspecified atom stereocenters. The largest absolute Gasteiger partial charge is 0.376 e. The second-order valence-corrected chi connectivity index (χ2v) is 6.39. The van der Waals surface area contributed by atoms with Gasteiger partial charge in [0.15, 0.2) is 0 Å². The van der Waals surface area contributed by atoms with Gasteiger partial charge in [0.1, 0.15) is 0 Å². The normalized spacial score (nSPS) is 25.7. The minimum absolute atomic E-state index is 0.0179. The maximum absolute atomic E-state index is 12.4. The van der Waals surface area contributed by atoms with E-state index in [4.69, 9.17) is 4.74 Å². The van der Waals surface area contributed by atoms with Gasteiger partial charge in [0, 0.05) is 38.8 Å². The molecular weight excluding hydrogens is 280 g/mol. The lowest BCUT2D eigenvalue weighted by Crippen LogP contribution is -2.36. The summed E-state index contributed by atoms with van der Waals surface area (Å²) in [6.07, 6.45) is 9.16. The van der Waals surface area contributed by atoms with Crippen molar-refractivity contribution in [1.29, 1.82) is 0 Å². The SMILES string of the molecule is Cn1cc([C@H]2CNC[C@@H]2C(=O)NCCOC2CCCC2)cn1. The predicted octanol–water partition coefficient (Wildman–Crippen LogP) is 0.798.